The van der Waals surface area contributed by atoms with Crippen molar-refractivity contribution in [2.24, 2.45) is 0 Å². The summed E-state index contributed by atoms with van der Waals surface area (Å²) >= 11 is 6.09. The van der Waals surface area contributed by atoms with Crippen LogP contribution in [0.15, 0.2) is 34.9 Å². The Bertz CT molecular complexity index is 579. The van der Waals surface area contributed by atoms with E-state index in [0.717, 1.165) is 5.56 Å². The molecule has 1 heterocycles. The van der Waals surface area contributed by atoms with Gasteiger partial charge in [-0.15, -0.1) is 0 Å². The number of amides is 1. The molecule has 0 atom stereocenters. The third-order valence-electron chi connectivity index (χ3n) is 2.57. The molecule has 1 aromatic heterocycles. The number of carbonyl (C=O) groups excluding carboxylic acids is 1. The van der Waals surface area contributed by atoms with Gasteiger partial charge >= 0.3 is 0 Å². The molecule has 0 spiro atoms. The lowest BCUT2D eigenvalue weighted by Crippen LogP contribution is -2.12. The summed E-state index contributed by atoms with van der Waals surface area (Å²) in [6.45, 7) is 4.30. The zero-order chi connectivity index (χ0) is 13.8. The monoisotopic (exact) mass is 279 g/mol. The second-order valence-corrected chi connectivity index (χ2v) is 4.37. The minimum atomic E-state index is -0.312. The highest BCUT2D eigenvalue weighted by molar-refractivity contribution is 6.32. The minimum absolute atomic E-state index is 0.254. The molecule has 0 aliphatic heterocycles. The van der Waals surface area contributed by atoms with E-state index in [0.29, 0.717) is 23.1 Å². The molecule has 0 aliphatic carbocycles. The quantitative estimate of drug-likeness (QED) is 0.924. The summed E-state index contributed by atoms with van der Waals surface area (Å²) in [4.78, 5) is 11.9. The van der Waals surface area contributed by atoms with Crippen molar-refractivity contribution < 1.29 is 13.9 Å². The Balaban J connectivity index is 2.21. The molecule has 2 aromatic rings. The average molecular weight is 280 g/mol. The Labute approximate surface area is 116 Å². The fourth-order valence-corrected chi connectivity index (χ4v) is 1.87. The summed E-state index contributed by atoms with van der Waals surface area (Å²) in [6, 6.07) is 6.72. The van der Waals surface area contributed by atoms with Gasteiger partial charge in [-0.2, -0.15) is 0 Å². The maximum Gasteiger partial charge on any atom is 0.291 e. The molecule has 19 heavy (non-hydrogen) atoms. The minimum Gasteiger partial charge on any atom is -0.492 e. The Morgan fingerprint density at radius 1 is 1.47 bits per heavy atom. The molecule has 4 nitrogen and oxygen atoms in total. The molecule has 0 saturated carbocycles. The number of benzene rings is 1. The SMILES string of the molecule is CCOc1cc(C)c(NC(=O)c2ccco2)cc1Cl. The van der Waals surface area contributed by atoms with Crippen LogP contribution in [-0.2, 0) is 0 Å². The zero-order valence-electron chi connectivity index (χ0n) is 10.7. The van der Waals surface area contributed by atoms with Gasteiger partial charge in [0.1, 0.15) is 5.75 Å². The molecule has 1 amide bonds. The molecule has 0 bridgehead atoms. The van der Waals surface area contributed by atoms with Gasteiger partial charge in [0, 0.05) is 5.69 Å². The molecular weight excluding hydrogens is 266 g/mol. The fraction of sp³-hybridized carbons (Fsp3) is 0.214. The van der Waals surface area contributed by atoms with Gasteiger partial charge in [0.25, 0.3) is 5.91 Å². The number of halogens is 1. The summed E-state index contributed by atoms with van der Waals surface area (Å²) in [6.07, 6.45) is 1.45. The van der Waals surface area contributed by atoms with Crippen molar-refractivity contribution in [3.63, 3.8) is 0 Å². The van der Waals surface area contributed by atoms with E-state index in [1.54, 1.807) is 24.3 Å². The van der Waals surface area contributed by atoms with E-state index in [-0.39, 0.29) is 11.7 Å². The first-order chi connectivity index (χ1) is 9.11. The molecular formula is C14H14ClNO3. The van der Waals surface area contributed by atoms with E-state index in [1.165, 1.54) is 6.26 Å². The zero-order valence-corrected chi connectivity index (χ0v) is 11.5. The first-order valence-corrected chi connectivity index (χ1v) is 6.27. The normalized spacial score (nSPS) is 10.3. The van der Waals surface area contributed by atoms with Gasteiger partial charge < -0.3 is 14.5 Å². The standard InChI is InChI=1S/C14H14ClNO3/c1-3-18-13-7-9(2)11(8-10(13)15)16-14(17)12-5-4-6-19-12/h4-8H,3H2,1-2H3,(H,16,17). The highest BCUT2D eigenvalue weighted by Crippen LogP contribution is 2.31. The van der Waals surface area contributed by atoms with Crippen molar-refractivity contribution in [2.75, 3.05) is 11.9 Å². The van der Waals surface area contributed by atoms with Gasteiger partial charge in [0.05, 0.1) is 17.9 Å². The smallest absolute Gasteiger partial charge is 0.291 e. The topological polar surface area (TPSA) is 51.5 Å². The van der Waals surface area contributed by atoms with Crippen molar-refractivity contribution in [1.82, 2.24) is 0 Å². The summed E-state index contributed by atoms with van der Waals surface area (Å²) in [7, 11) is 0. The Kier molecular flexibility index (Phi) is 4.12. The number of furan rings is 1. The maximum absolute atomic E-state index is 11.9. The van der Waals surface area contributed by atoms with Gasteiger partial charge in [-0.25, -0.2) is 0 Å². The molecule has 2 rings (SSSR count). The van der Waals surface area contributed by atoms with Crippen molar-refractivity contribution in [3.05, 3.63) is 46.9 Å². The molecule has 1 aromatic carbocycles. The fourth-order valence-electron chi connectivity index (χ4n) is 1.65. The van der Waals surface area contributed by atoms with Crippen LogP contribution < -0.4 is 10.1 Å². The molecule has 0 saturated heterocycles. The third kappa shape index (κ3) is 3.09. The van der Waals surface area contributed by atoms with Crippen molar-refractivity contribution in [1.29, 1.82) is 0 Å². The third-order valence-corrected chi connectivity index (χ3v) is 2.87. The van der Waals surface area contributed by atoms with E-state index in [1.807, 2.05) is 13.8 Å². The van der Waals surface area contributed by atoms with Crippen LogP contribution in [0.1, 0.15) is 23.0 Å². The number of rotatable bonds is 4. The van der Waals surface area contributed by atoms with Crippen molar-refractivity contribution >= 4 is 23.2 Å². The van der Waals surface area contributed by atoms with Gasteiger partial charge in [0.2, 0.25) is 0 Å². The average Bonchev–Trinajstić information content (AvgIpc) is 2.89. The van der Waals surface area contributed by atoms with Crippen LogP contribution in [-0.4, -0.2) is 12.5 Å². The van der Waals surface area contributed by atoms with Crippen LogP contribution in [0.3, 0.4) is 0 Å². The van der Waals surface area contributed by atoms with E-state index >= 15 is 0 Å². The molecule has 1 N–H and O–H groups in total. The lowest BCUT2D eigenvalue weighted by atomic mass is 10.2. The van der Waals surface area contributed by atoms with Gasteiger partial charge in [-0.3, -0.25) is 4.79 Å². The number of carbonyl (C=O) groups is 1. The predicted molar refractivity (Wildman–Crippen MR) is 74.0 cm³/mol. The summed E-state index contributed by atoms with van der Waals surface area (Å²) in [5.74, 6) is 0.551. The highest BCUT2D eigenvalue weighted by atomic mass is 35.5. The van der Waals surface area contributed by atoms with E-state index < -0.39 is 0 Å². The summed E-state index contributed by atoms with van der Waals surface area (Å²) in [5, 5.41) is 3.21. The molecule has 0 radical (unpaired) electrons. The Morgan fingerprint density at radius 3 is 2.89 bits per heavy atom. The predicted octanol–water partition coefficient (Wildman–Crippen LogP) is 3.89. The van der Waals surface area contributed by atoms with Crippen LogP contribution in [0.25, 0.3) is 0 Å². The second-order valence-electron chi connectivity index (χ2n) is 3.96. The summed E-state index contributed by atoms with van der Waals surface area (Å²) < 4.78 is 10.4. The Hall–Kier alpha value is -1.94. The van der Waals surface area contributed by atoms with Crippen molar-refractivity contribution in [2.45, 2.75) is 13.8 Å². The van der Waals surface area contributed by atoms with Crippen LogP contribution in [0, 0.1) is 6.92 Å². The second kappa shape index (κ2) is 5.80. The van der Waals surface area contributed by atoms with Gasteiger partial charge in [0.15, 0.2) is 5.76 Å². The largest absolute Gasteiger partial charge is 0.492 e. The van der Waals surface area contributed by atoms with Crippen LogP contribution in [0.5, 0.6) is 5.75 Å². The van der Waals surface area contributed by atoms with Crippen LogP contribution in [0.4, 0.5) is 5.69 Å². The summed E-state index contributed by atoms with van der Waals surface area (Å²) in [5.41, 5.74) is 1.50. The number of ether oxygens (including phenoxy) is 1. The van der Waals surface area contributed by atoms with E-state index in [9.17, 15) is 4.79 Å². The number of anilines is 1. The van der Waals surface area contributed by atoms with Crippen molar-refractivity contribution in [3.8, 4) is 5.75 Å². The van der Waals surface area contributed by atoms with Crippen LogP contribution in [0.2, 0.25) is 5.02 Å². The van der Waals surface area contributed by atoms with Gasteiger partial charge in [-0.05, 0) is 43.7 Å². The number of hydrogen-bond acceptors (Lipinski definition) is 3. The highest BCUT2D eigenvalue weighted by Gasteiger charge is 2.12. The Morgan fingerprint density at radius 2 is 2.26 bits per heavy atom. The maximum atomic E-state index is 11.9. The van der Waals surface area contributed by atoms with Gasteiger partial charge in [-0.1, -0.05) is 11.6 Å². The number of aryl methyl sites for hydroxylation is 1. The number of hydrogen-bond donors (Lipinski definition) is 1. The van der Waals surface area contributed by atoms with Crippen LogP contribution >= 0.6 is 11.6 Å². The molecule has 0 unspecified atom stereocenters. The van der Waals surface area contributed by atoms with E-state index in [2.05, 4.69) is 5.32 Å². The number of nitrogens with one attached hydrogen (secondary N) is 1. The van der Waals surface area contributed by atoms with E-state index in [4.69, 9.17) is 20.8 Å². The first-order valence-electron chi connectivity index (χ1n) is 5.89. The molecule has 0 fully saturated rings. The lowest BCUT2D eigenvalue weighted by molar-refractivity contribution is 0.0996. The molecule has 100 valence electrons. The molecule has 5 heteroatoms. The molecule has 0 aliphatic rings. The lowest BCUT2D eigenvalue weighted by Gasteiger charge is -2.11. The first kappa shape index (κ1) is 13.5.